The quantitative estimate of drug-likeness (QED) is 0.246. The van der Waals surface area contributed by atoms with E-state index in [4.69, 9.17) is 14.2 Å². The van der Waals surface area contributed by atoms with Gasteiger partial charge in [0.15, 0.2) is 0 Å². The van der Waals surface area contributed by atoms with Crippen LogP contribution in [0.25, 0.3) is 0 Å². The van der Waals surface area contributed by atoms with E-state index in [2.05, 4.69) is 50.5 Å². The molecule has 0 saturated heterocycles. The van der Waals surface area contributed by atoms with E-state index in [9.17, 15) is 4.79 Å². The lowest BCUT2D eigenvalue weighted by atomic mass is 9.98. The van der Waals surface area contributed by atoms with Crippen molar-refractivity contribution in [1.29, 1.82) is 0 Å². The van der Waals surface area contributed by atoms with Gasteiger partial charge in [-0.2, -0.15) is 0 Å². The first kappa shape index (κ1) is 31.2. The highest BCUT2D eigenvalue weighted by atomic mass is 16.5. The van der Waals surface area contributed by atoms with Crippen LogP contribution in [0.2, 0.25) is 0 Å². The first-order valence-corrected chi connectivity index (χ1v) is 14.0. The Morgan fingerprint density at radius 2 is 1.23 bits per heavy atom. The SMILES string of the molecule is COC(N[C@@H](C)COc1cccc(OCC(C)NC(=O)c2c(C)cc(C)cc2C)c1C)c1c(C)cc(C)cc1C. The fraction of sp³-hybridized carbons (Fsp3) is 0.441. The number of ether oxygens (including phenoxy) is 3. The number of hydrogen-bond acceptors (Lipinski definition) is 5. The second-order valence-corrected chi connectivity index (χ2v) is 11.1. The van der Waals surface area contributed by atoms with Crippen LogP contribution in [0.3, 0.4) is 0 Å². The van der Waals surface area contributed by atoms with Crippen molar-refractivity contribution in [2.24, 2.45) is 0 Å². The molecular formula is C34H46N2O4. The lowest BCUT2D eigenvalue weighted by Gasteiger charge is -2.26. The molecule has 0 bridgehead atoms. The molecule has 0 aliphatic heterocycles. The molecule has 216 valence electrons. The predicted octanol–water partition coefficient (Wildman–Crippen LogP) is 6.74. The first-order chi connectivity index (χ1) is 18.9. The van der Waals surface area contributed by atoms with Gasteiger partial charge in [-0.1, -0.05) is 41.5 Å². The lowest BCUT2D eigenvalue weighted by molar-refractivity contribution is 0.0567. The third kappa shape index (κ3) is 7.86. The zero-order valence-corrected chi connectivity index (χ0v) is 25.8. The summed E-state index contributed by atoms with van der Waals surface area (Å²) in [7, 11) is 1.72. The van der Waals surface area contributed by atoms with Gasteiger partial charge in [0.2, 0.25) is 0 Å². The predicted molar refractivity (Wildman–Crippen MR) is 163 cm³/mol. The number of methoxy groups -OCH3 is 1. The molecule has 0 radical (unpaired) electrons. The van der Waals surface area contributed by atoms with E-state index >= 15 is 0 Å². The van der Waals surface area contributed by atoms with Crippen LogP contribution in [0.5, 0.6) is 11.5 Å². The Morgan fingerprint density at radius 1 is 0.750 bits per heavy atom. The fourth-order valence-electron chi connectivity index (χ4n) is 5.39. The van der Waals surface area contributed by atoms with E-state index in [0.29, 0.717) is 13.2 Å². The van der Waals surface area contributed by atoms with Gasteiger partial charge in [0.05, 0.1) is 6.04 Å². The van der Waals surface area contributed by atoms with Crippen molar-refractivity contribution >= 4 is 5.91 Å². The highest BCUT2D eigenvalue weighted by Crippen LogP contribution is 2.28. The second kappa shape index (κ2) is 13.8. The largest absolute Gasteiger partial charge is 0.492 e. The summed E-state index contributed by atoms with van der Waals surface area (Å²) in [5, 5.41) is 6.63. The van der Waals surface area contributed by atoms with Gasteiger partial charge >= 0.3 is 0 Å². The Bertz CT molecular complexity index is 1290. The monoisotopic (exact) mass is 546 g/mol. The van der Waals surface area contributed by atoms with Crippen molar-refractivity contribution in [3.05, 3.63) is 92.5 Å². The summed E-state index contributed by atoms with van der Waals surface area (Å²) in [5.74, 6) is 1.43. The van der Waals surface area contributed by atoms with Crippen LogP contribution in [-0.4, -0.2) is 38.3 Å². The molecule has 40 heavy (non-hydrogen) atoms. The minimum absolute atomic E-state index is 0.0398. The Kier molecular flexibility index (Phi) is 10.8. The zero-order chi connectivity index (χ0) is 29.6. The zero-order valence-electron chi connectivity index (χ0n) is 25.8. The normalized spacial score (nSPS) is 13.4. The molecule has 0 aliphatic rings. The lowest BCUT2D eigenvalue weighted by Crippen LogP contribution is -2.37. The highest BCUT2D eigenvalue weighted by molar-refractivity contribution is 5.97. The maximum absolute atomic E-state index is 12.9. The number of aryl methyl sites for hydroxylation is 6. The Labute approximate surface area is 240 Å². The number of hydrogen-bond donors (Lipinski definition) is 2. The van der Waals surface area contributed by atoms with E-state index < -0.39 is 0 Å². The van der Waals surface area contributed by atoms with Crippen LogP contribution >= 0.6 is 0 Å². The molecule has 6 nitrogen and oxygen atoms in total. The summed E-state index contributed by atoms with van der Waals surface area (Å²) in [6.07, 6.45) is -0.223. The van der Waals surface area contributed by atoms with Gasteiger partial charge in [0.1, 0.15) is 30.9 Å². The number of carbonyl (C=O) groups excluding carboxylic acids is 1. The fourth-order valence-corrected chi connectivity index (χ4v) is 5.39. The molecule has 2 N–H and O–H groups in total. The molecule has 1 amide bonds. The molecule has 0 heterocycles. The van der Waals surface area contributed by atoms with E-state index in [1.165, 1.54) is 22.3 Å². The third-order valence-corrected chi connectivity index (χ3v) is 7.17. The molecule has 6 heteroatoms. The molecule has 0 aromatic heterocycles. The van der Waals surface area contributed by atoms with Gasteiger partial charge in [-0.25, -0.2) is 0 Å². The standard InChI is InChI=1S/C34H46N2O4/c1-20-14-22(3)31(23(4)15-20)33(37)35-26(7)18-39-29-12-11-13-30(28(29)9)40-19-27(8)36-34(38-10)32-24(5)16-21(2)17-25(32)6/h11-17,26-27,34,36H,18-19H2,1-10H3,(H,35,37)/t26?,27-,34?/m0/s1. The summed E-state index contributed by atoms with van der Waals surface area (Å²) in [6, 6.07) is 14.1. The van der Waals surface area contributed by atoms with Gasteiger partial charge < -0.3 is 19.5 Å². The topological polar surface area (TPSA) is 68.8 Å². The minimum atomic E-state index is -0.223. The molecule has 3 aromatic carbocycles. The highest BCUT2D eigenvalue weighted by Gasteiger charge is 2.20. The van der Waals surface area contributed by atoms with Crippen molar-refractivity contribution < 1.29 is 19.0 Å². The minimum Gasteiger partial charge on any atom is -0.492 e. The average Bonchev–Trinajstić information content (AvgIpc) is 2.85. The van der Waals surface area contributed by atoms with Crippen LogP contribution in [0.1, 0.15) is 74.9 Å². The van der Waals surface area contributed by atoms with Gasteiger partial charge in [-0.3, -0.25) is 10.1 Å². The number of rotatable bonds is 12. The number of benzene rings is 3. The maximum Gasteiger partial charge on any atom is 0.252 e. The third-order valence-electron chi connectivity index (χ3n) is 7.17. The molecule has 0 fully saturated rings. The van der Waals surface area contributed by atoms with Gasteiger partial charge in [0.25, 0.3) is 5.91 Å². The Balaban J connectivity index is 1.57. The number of carbonyl (C=O) groups is 1. The Morgan fingerprint density at radius 3 is 1.73 bits per heavy atom. The summed E-state index contributed by atoms with van der Waals surface area (Å²) < 4.78 is 18.1. The Hall–Kier alpha value is -3.35. The van der Waals surface area contributed by atoms with Crippen LogP contribution in [0.4, 0.5) is 0 Å². The van der Waals surface area contributed by atoms with E-state index in [1.54, 1.807) is 7.11 Å². The first-order valence-electron chi connectivity index (χ1n) is 14.0. The molecule has 2 unspecified atom stereocenters. The van der Waals surface area contributed by atoms with Crippen LogP contribution in [-0.2, 0) is 4.74 Å². The summed E-state index contributed by atoms with van der Waals surface area (Å²) >= 11 is 0. The van der Waals surface area contributed by atoms with Crippen molar-refractivity contribution in [3.8, 4) is 11.5 Å². The summed E-state index contributed by atoms with van der Waals surface area (Å²) in [6.45, 7) is 19.2. The summed E-state index contributed by atoms with van der Waals surface area (Å²) in [4.78, 5) is 12.9. The molecule has 3 rings (SSSR count). The molecule has 0 spiro atoms. The second-order valence-electron chi connectivity index (χ2n) is 11.1. The molecule has 3 atom stereocenters. The summed E-state index contributed by atoms with van der Waals surface area (Å²) in [5.41, 5.74) is 9.60. The van der Waals surface area contributed by atoms with Gasteiger partial charge in [-0.05, 0) is 96.7 Å². The molecule has 3 aromatic rings. The number of nitrogens with one attached hydrogen (secondary N) is 2. The molecule has 0 saturated carbocycles. The maximum atomic E-state index is 12.9. The van der Waals surface area contributed by atoms with E-state index in [1.807, 2.05) is 65.0 Å². The van der Waals surface area contributed by atoms with Gasteiger partial charge in [0, 0.05) is 29.8 Å². The van der Waals surface area contributed by atoms with Gasteiger partial charge in [-0.15, -0.1) is 0 Å². The average molecular weight is 547 g/mol. The van der Waals surface area contributed by atoms with Crippen molar-refractivity contribution in [2.75, 3.05) is 20.3 Å². The molecular weight excluding hydrogens is 500 g/mol. The van der Waals surface area contributed by atoms with Crippen molar-refractivity contribution in [1.82, 2.24) is 10.6 Å². The van der Waals surface area contributed by atoms with Crippen molar-refractivity contribution in [2.45, 2.75) is 80.6 Å². The van der Waals surface area contributed by atoms with E-state index in [-0.39, 0.29) is 24.2 Å². The van der Waals surface area contributed by atoms with Crippen LogP contribution in [0, 0.1) is 48.5 Å². The van der Waals surface area contributed by atoms with Crippen LogP contribution < -0.4 is 20.1 Å². The smallest absolute Gasteiger partial charge is 0.252 e. The number of amides is 1. The molecule has 0 aliphatic carbocycles. The van der Waals surface area contributed by atoms with Crippen molar-refractivity contribution in [3.63, 3.8) is 0 Å². The van der Waals surface area contributed by atoms with E-state index in [0.717, 1.165) is 39.3 Å². The van der Waals surface area contributed by atoms with Crippen LogP contribution in [0.15, 0.2) is 42.5 Å².